The van der Waals surface area contributed by atoms with E-state index in [0.717, 1.165) is 20.6 Å². The summed E-state index contributed by atoms with van der Waals surface area (Å²) in [4.78, 5) is 24.2. The molecule has 0 aromatic heterocycles. The number of amides is 1. The third kappa shape index (κ3) is 4.35. The Kier molecular flexibility index (Phi) is 5.81. The second kappa shape index (κ2) is 7.91. The number of carboxylic acids is 1. The molecule has 0 spiro atoms. The van der Waals surface area contributed by atoms with Crippen molar-refractivity contribution in [2.45, 2.75) is 23.0 Å². The van der Waals surface area contributed by atoms with Crippen LogP contribution >= 0.6 is 34.4 Å². The van der Waals surface area contributed by atoms with Gasteiger partial charge in [-0.15, -0.1) is 11.8 Å². The van der Waals surface area contributed by atoms with Crippen molar-refractivity contribution in [2.24, 2.45) is 5.92 Å². The van der Waals surface area contributed by atoms with Gasteiger partial charge in [-0.05, 0) is 65.8 Å². The normalized spacial score (nSPS) is 18.9. The van der Waals surface area contributed by atoms with Gasteiger partial charge in [0.25, 0.3) is 5.91 Å². The summed E-state index contributed by atoms with van der Waals surface area (Å²) in [7, 11) is 0. The largest absolute Gasteiger partial charge is 0.481 e. The summed E-state index contributed by atoms with van der Waals surface area (Å²) in [5.41, 5.74) is 0.566. The van der Waals surface area contributed by atoms with Gasteiger partial charge in [-0.25, -0.2) is 8.78 Å². The monoisotopic (exact) mass is 489 g/mol. The average molecular weight is 489 g/mol. The minimum atomic E-state index is -1.03. The summed E-state index contributed by atoms with van der Waals surface area (Å²) in [6, 6.07) is 8.36. The van der Waals surface area contributed by atoms with Crippen LogP contribution in [0.5, 0.6) is 0 Å². The van der Waals surface area contributed by atoms with Crippen LogP contribution in [0, 0.1) is 21.1 Å². The number of carbonyl (C=O) groups excluding carboxylic acids is 1. The standard InChI is InChI=1S/C18H14F2INO3S/c19-13-3-2-11(8-14(13)20)22-17(23)9-1-4-15(21)16(7-9)26-12-5-10(6-12)18(24)25/h1-4,7-8,10,12H,5-6H2,(H,22,23)(H,24,25). The van der Waals surface area contributed by atoms with Crippen LogP contribution in [0.2, 0.25) is 0 Å². The Balaban J connectivity index is 1.69. The fourth-order valence-corrected chi connectivity index (χ4v) is 4.66. The lowest BCUT2D eigenvalue weighted by atomic mass is 9.85. The molecule has 1 fully saturated rings. The second-order valence-electron chi connectivity index (χ2n) is 5.97. The Bertz CT molecular complexity index is 872. The van der Waals surface area contributed by atoms with Crippen molar-refractivity contribution < 1.29 is 23.5 Å². The Morgan fingerprint density at radius 3 is 2.50 bits per heavy atom. The van der Waals surface area contributed by atoms with Crippen LogP contribution in [0.4, 0.5) is 14.5 Å². The highest BCUT2D eigenvalue weighted by molar-refractivity contribution is 14.1. The van der Waals surface area contributed by atoms with Gasteiger partial charge in [0.1, 0.15) is 0 Å². The fourth-order valence-electron chi connectivity index (χ4n) is 2.56. The third-order valence-corrected chi connectivity index (χ3v) is 6.73. The molecule has 0 saturated heterocycles. The van der Waals surface area contributed by atoms with Crippen LogP contribution in [0.15, 0.2) is 41.3 Å². The molecule has 0 bridgehead atoms. The number of thioether (sulfide) groups is 1. The molecule has 136 valence electrons. The smallest absolute Gasteiger partial charge is 0.306 e. The molecule has 4 nitrogen and oxygen atoms in total. The van der Waals surface area contributed by atoms with Gasteiger partial charge in [0.05, 0.1) is 5.92 Å². The Labute approximate surface area is 166 Å². The van der Waals surface area contributed by atoms with E-state index in [1.807, 2.05) is 0 Å². The van der Waals surface area contributed by atoms with Gasteiger partial charge in [-0.1, -0.05) is 0 Å². The second-order valence-corrected chi connectivity index (χ2v) is 8.48. The molecule has 0 aliphatic heterocycles. The molecule has 0 radical (unpaired) electrons. The van der Waals surface area contributed by atoms with Crippen molar-refractivity contribution >= 4 is 51.9 Å². The van der Waals surface area contributed by atoms with E-state index >= 15 is 0 Å². The maximum Gasteiger partial charge on any atom is 0.306 e. The highest BCUT2D eigenvalue weighted by Crippen LogP contribution is 2.42. The number of benzene rings is 2. The molecule has 2 N–H and O–H groups in total. The van der Waals surface area contributed by atoms with E-state index in [4.69, 9.17) is 5.11 Å². The number of hydrogen-bond acceptors (Lipinski definition) is 3. The molecule has 2 aromatic carbocycles. The van der Waals surface area contributed by atoms with Gasteiger partial charge in [0.15, 0.2) is 11.6 Å². The first kappa shape index (κ1) is 19.1. The van der Waals surface area contributed by atoms with Gasteiger partial charge < -0.3 is 10.4 Å². The summed E-state index contributed by atoms with van der Waals surface area (Å²) >= 11 is 3.72. The first-order valence-corrected chi connectivity index (χ1v) is 9.74. The van der Waals surface area contributed by atoms with E-state index in [-0.39, 0.29) is 16.9 Å². The molecule has 0 unspecified atom stereocenters. The van der Waals surface area contributed by atoms with Crippen LogP contribution in [0.3, 0.4) is 0 Å². The first-order chi connectivity index (χ1) is 12.3. The molecule has 8 heteroatoms. The quantitative estimate of drug-likeness (QED) is 0.594. The Morgan fingerprint density at radius 1 is 1.12 bits per heavy atom. The number of nitrogens with one attached hydrogen (secondary N) is 1. The van der Waals surface area contributed by atoms with Gasteiger partial charge in [0.2, 0.25) is 0 Å². The fraction of sp³-hybridized carbons (Fsp3) is 0.222. The van der Waals surface area contributed by atoms with Crippen molar-refractivity contribution in [2.75, 3.05) is 5.32 Å². The minimum Gasteiger partial charge on any atom is -0.481 e. The number of hydrogen-bond donors (Lipinski definition) is 2. The van der Waals surface area contributed by atoms with Crippen LogP contribution in [0.25, 0.3) is 0 Å². The van der Waals surface area contributed by atoms with Crippen LogP contribution in [-0.4, -0.2) is 22.2 Å². The number of carboxylic acid groups (broad SMARTS) is 1. The minimum absolute atomic E-state index is 0.171. The molecule has 1 aliphatic carbocycles. The number of aliphatic carboxylic acids is 1. The Hall–Kier alpha value is -1.68. The van der Waals surface area contributed by atoms with Crippen molar-refractivity contribution in [3.8, 4) is 0 Å². The van der Waals surface area contributed by atoms with E-state index in [1.54, 1.807) is 30.0 Å². The van der Waals surface area contributed by atoms with Gasteiger partial charge in [-0.3, -0.25) is 9.59 Å². The highest BCUT2D eigenvalue weighted by Gasteiger charge is 2.35. The summed E-state index contributed by atoms with van der Waals surface area (Å²) < 4.78 is 27.2. The van der Waals surface area contributed by atoms with E-state index in [2.05, 4.69) is 27.9 Å². The van der Waals surface area contributed by atoms with Crippen LogP contribution in [0.1, 0.15) is 23.2 Å². The lowest BCUT2D eigenvalue weighted by Gasteiger charge is -2.31. The summed E-state index contributed by atoms with van der Waals surface area (Å²) in [6.07, 6.45) is 1.22. The maximum absolute atomic E-state index is 13.3. The molecule has 26 heavy (non-hydrogen) atoms. The van der Waals surface area contributed by atoms with E-state index in [0.29, 0.717) is 18.4 Å². The topological polar surface area (TPSA) is 66.4 Å². The molecular formula is C18H14F2INO3S. The van der Waals surface area contributed by atoms with E-state index in [1.165, 1.54) is 6.07 Å². The molecular weight excluding hydrogens is 475 g/mol. The first-order valence-electron chi connectivity index (χ1n) is 7.79. The molecule has 0 heterocycles. The predicted octanol–water partition coefficient (Wildman–Crippen LogP) is 4.78. The zero-order valence-electron chi connectivity index (χ0n) is 13.3. The predicted molar refractivity (Wildman–Crippen MR) is 103 cm³/mol. The zero-order chi connectivity index (χ0) is 18.8. The number of rotatable bonds is 5. The highest BCUT2D eigenvalue weighted by atomic mass is 127. The molecule has 3 rings (SSSR count). The average Bonchev–Trinajstić information content (AvgIpc) is 2.55. The molecule has 1 amide bonds. The third-order valence-electron chi connectivity index (χ3n) is 4.11. The van der Waals surface area contributed by atoms with E-state index in [9.17, 15) is 18.4 Å². The maximum atomic E-state index is 13.3. The van der Waals surface area contributed by atoms with E-state index < -0.39 is 23.5 Å². The van der Waals surface area contributed by atoms with Crippen molar-refractivity contribution in [3.05, 3.63) is 57.2 Å². The number of anilines is 1. The lowest BCUT2D eigenvalue weighted by molar-refractivity contribution is -0.144. The van der Waals surface area contributed by atoms with Gasteiger partial charge in [-0.2, -0.15) is 0 Å². The molecule has 1 aliphatic rings. The molecule has 2 aromatic rings. The van der Waals surface area contributed by atoms with Crippen molar-refractivity contribution in [1.82, 2.24) is 0 Å². The van der Waals surface area contributed by atoms with Gasteiger partial charge in [0, 0.05) is 31.0 Å². The number of halogens is 3. The van der Waals surface area contributed by atoms with Crippen LogP contribution < -0.4 is 5.32 Å². The van der Waals surface area contributed by atoms with Crippen molar-refractivity contribution in [3.63, 3.8) is 0 Å². The summed E-state index contributed by atoms with van der Waals surface area (Å²) in [6.45, 7) is 0. The molecule has 1 saturated carbocycles. The van der Waals surface area contributed by atoms with Gasteiger partial charge >= 0.3 is 5.97 Å². The summed E-state index contributed by atoms with van der Waals surface area (Å²) in [5, 5.41) is 11.7. The number of carbonyl (C=O) groups is 2. The zero-order valence-corrected chi connectivity index (χ0v) is 16.3. The van der Waals surface area contributed by atoms with Crippen molar-refractivity contribution in [1.29, 1.82) is 0 Å². The lowest BCUT2D eigenvalue weighted by Crippen LogP contribution is -2.32. The summed E-state index contributed by atoms with van der Waals surface area (Å²) in [5.74, 6) is -3.48. The Morgan fingerprint density at radius 2 is 1.85 bits per heavy atom. The van der Waals surface area contributed by atoms with Crippen LogP contribution in [-0.2, 0) is 4.79 Å². The SMILES string of the molecule is O=C(Nc1ccc(F)c(F)c1)c1ccc(I)c(SC2CC(C(=O)O)C2)c1. The molecule has 0 atom stereocenters.